The molecule has 1 amide bonds. The van der Waals surface area contributed by atoms with Gasteiger partial charge in [0.2, 0.25) is 0 Å². The smallest absolute Gasteiger partial charge is 0.324 e. The molecule has 0 bridgehead atoms. The number of methoxy groups -OCH3 is 3. The highest BCUT2D eigenvalue weighted by Gasteiger charge is 2.39. The molecule has 15 heteroatoms. The number of nitrogens with zero attached hydrogens (tertiary/aromatic N) is 2. The molecule has 0 saturated carbocycles. The van der Waals surface area contributed by atoms with Crippen LogP contribution in [0, 0.1) is 20.8 Å². The lowest BCUT2D eigenvalue weighted by Gasteiger charge is -2.31. The van der Waals surface area contributed by atoms with Crippen LogP contribution in [0.15, 0.2) is 82.6 Å². The van der Waals surface area contributed by atoms with Crippen molar-refractivity contribution in [2.75, 3.05) is 43.6 Å². The number of amides is 1. The van der Waals surface area contributed by atoms with Gasteiger partial charge in [0.25, 0.3) is 26.0 Å². The van der Waals surface area contributed by atoms with Gasteiger partial charge < -0.3 is 24.2 Å². The third-order valence-electron chi connectivity index (χ3n) is 8.60. The normalized spacial score (nSPS) is 13.3. The van der Waals surface area contributed by atoms with Crippen LogP contribution in [-0.4, -0.2) is 68.2 Å². The SMILES string of the molecule is COc1cccc(C(C(=O)NS(=O)(=O)c2ccc(OC)cc2OC)N2CCc3c2cccc3N(CC(=O)O)S(=O)(=O)c2c(C)cc(C)cc2C)c1. The van der Waals surface area contributed by atoms with E-state index in [9.17, 15) is 31.5 Å². The van der Waals surface area contributed by atoms with E-state index in [1.54, 1.807) is 67.3 Å². The molecule has 4 aromatic rings. The Morgan fingerprint density at radius 2 is 1.51 bits per heavy atom. The second-order valence-corrected chi connectivity index (χ2v) is 15.5. The molecule has 0 aliphatic carbocycles. The van der Waals surface area contributed by atoms with Crippen LogP contribution in [0.3, 0.4) is 0 Å². The van der Waals surface area contributed by atoms with Crippen molar-refractivity contribution in [2.45, 2.75) is 43.0 Å². The van der Waals surface area contributed by atoms with Gasteiger partial charge in [-0.15, -0.1) is 0 Å². The van der Waals surface area contributed by atoms with E-state index in [1.807, 2.05) is 6.92 Å². The molecule has 13 nitrogen and oxygen atoms in total. The Morgan fingerprint density at radius 1 is 0.863 bits per heavy atom. The summed E-state index contributed by atoms with van der Waals surface area (Å²) in [6.07, 6.45) is 0.218. The second kappa shape index (κ2) is 14.5. The van der Waals surface area contributed by atoms with E-state index in [-0.39, 0.29) is 34.2 Å². The third kappa shape index (κ3) is 7.30. The fourth-order valence-electron chi connectivity index (χ4n) is 6.57. The lowest BCUT2D eigenvalue weighted by atomic mass is 10.0. The van der Waals surface area contributed by atoms with Gasteiger partial charge >= 0.3 is 5.97 Å². The average molecular weight is 738 g/mol. The number of ether oxygens (including phenoxy) is 3. The summed E-state index contributed by atoms with van der Waals surface area (Å²) in [5.41, 5.74) is 3.24. The van der Waals surface area contributed by atoms with Gasteiger partial charge in [0.1, 0.15) is 34.7 Å². The van der Waals surface area contributed by atoms with E-state index >= 15 is 0 Å². The predicted octanol–water partition coefficient (Wildman–Crippen LogP) is 4.53. The molecule has 2 N–H and O–H groups in total. The number of fused-ring (bicyclic) bond motifs is 1. The van der Waals surface area contributed by atoms with Gasteiger partial charge in [-0.2, -0.15) is 0 Å². The maximum Gasteiger partial charge on any atom is 0.324 e. The first-order valence-electron chi connectivity index (χ1n) is 15.8. The highest BCUT2D eigenvalue weighted by Crippen LogP contribution is 2.43. The number of aliphatic carboxylic acids is 1. The van der Waals surface area contributed by atoms with Crippen LogP contribution in [-0.2, 0) is 36.1 Å². The van der Waals surface area contributed by atoms with Gasteiger partial charge in [-0.3, -0.25) is 13.9 Å². The summed E-state index contributed by atoms with van der Waals surface area (Å²) in [6.45, 7) is 4.48. The minimum absolute atomic E-state index is 0.00890. The van der Waals surface area contributed by atoms with Crippen LogP contribution >= 0.6 is 0 Å². The van der Waals surface area contributed by atoms with Crippen molar-refractivity contribution >= 4 is 43.3 Å². The van der Waals surface area contributed by atoms with Gasteiger partial charge in [0.05, 0.1) is 31.9 Å². The summed E-state index contributed by atoms with van der Waals surface area (Å²) in [4.78, 5) is 27.8. The van der Waals surface area contributed by atoms with Crippen LogP contribution in [0.5, 0.6) is 17.2 Å². The second-order valence-electron chi connectivity index (χ2n) is 12.0. The van der Waals surface area contributed by atoms with Gasteiger partial charge in [0, 0.05) is 23.9 Å². The molecule has 1 aliphatic heterocycles. The molecular weight excluding hydrogens is 699 g/mol. The molecule has 51 heavy (non-hydrogen) atoms. The first-order chi connectivity index (χ1) is 24.1. The van der Waals surface area contributed by atoms with E-state index in [2.05, 4.69) is 4.72 Å². The van der Waals surface area contributed by atoms with Crippen LogP contribution in [0.4, 0.5) is 11.4 Å². The molecule has 0 aromatic heterocycles. The Hall–Kier alpha value is -5.28. The summed E-state index contributed by atoms with van der Waals surface area (Å²) < 4.78 is 74.9. The number of nitrogens with one attached hydrogen (secondary N) is 1. The minimum Gasteiger partial charge on any atom is -0.497 e. The zero-order chi connectivity index (χ0) is 37.2. The van der Waals surface area contributed by atoms with Crippen molar-refractivity contribution in [3.8, 4) is 17.2 Å². The molecule has 1 atom stereocenters. The fourth-order valence-corrected chi connectivity index (χ4v) is 9.58. The molecule has 1 aliphatic rings. The van der Waals surface area contributed by atoms with Crippen molar-refractivity contribution in [2.24, 2.45) is 0 Å². The minimum atomic E-state index is -4.49. The van der Waals surface area contributed by atoms with E-state index in [4.69, 9.17) is 14.2 Å². The topological polar surface area (TPSA) is 169 Å². The Kier molecular flexibility index (Phi) is 10.5. The van der Waals surface area contributed by atoms with E-state index < -0.39 is 44.5 Å². The number of anilines is 2. The summed E-state index contributed by atoms with van der Waals surface area (Å²) >= 11 is 0. The zero-order valence-electron chi connectivity index (χ0n) is 29.0. The quantitative estimate of drug-likeness (QED) is 0.198. The number of carboxylic acid groups (broad SMARTS) is 1. The number of hydrogen-bond acceptors (Lipinski definition) is 10. The fraction of sp³-hybridized carbons (Fsp3) is 0.278. The largest absolute Gasteiger partial charge is 0.497 e. The highest BCUT2D eigenvalue weighted by molar-refractivity contribution is 7.93. The molecule has 270 valence electrons. The lowest BCUT2D eigenvalue weighted by Crippen LogP contribution is -2.42. The number of sulfonamides is 2. The molecule has 0 radical (unpaired) electrons. The summed E-state index contributed by atoms with van der Waals surface area (Å²) in [6, 6.07) is 17.7. The monoisotopic (exact) mass is 737 g/mol. The molecule has 0 spiro atoms. The van der Waals surface area contributed by atoms with Crippen molar-refractivity contribution in [3.63, 3.8) is 0 Å². The van der Waals surface area contributed by atoms with E-state index in [0.29, 0.717) is 39.4 Å². The first-order valence-corrected chi connectivity index (χ1v) is 18.7. The maximum atomic E-state index is 14.3. The van der Waals surface area contributed by atoms with Gasteiger partial charge in [-0.1, -0.05) is 35.9 Å². The van der Waals surface area contributed by atoms with Gasteiger partial charge in [0.15, 0.2) is 0 Å². The molecule has 0 saturated heterocycles. The molecule has 1 unspecified atom stereocenters. The average Bonchev–Trinajstić information content (AvgIpc) is 3.50. The number of benzene rings is 4. The van der Waals surface area contributed by atoms with Crippen LogP contribution in [0.1, 0.15) is 33.9 Å². The van der Waals surface area contributed by atoms with Crippen molar-refractivity contribution in [1.82, 2.24) is 4.72 Å². The number of carbonyl (C=O) groups is 2. The lowest BCUT2D eigenvalue weighted by molar-refractivity contribution is -0.135. The number of rotatable bonds is 13. The third-order valence-corrected chi connectivity index (χ3v) is 12.1. The Bertz CT molecular complexity index is 2200. The maximum absolute atomic E-state index is 14.3. The van der Waals surface area contributed by atoms with Crippen molar-refractivity contribution in [3.05, 3.63) is 101 Å². The summed E-state index contributed by atoms with van der Waals surface area (Å²) in [7, 11) is -4.71. The highest BCUT2D eigenvalue weighted by atomic mass is 32.2. The molecule has 5 rings (SSSR count). The summed E-state index contributed by atoms with van der Waals surface area (Å²) in [5.74, 6) is -1.53. The number of carbonyl (C=O) groups excluding carboxylic acids is 1. The van der Waals surface area contributed by atoms with E-state index in [0.717, 1.165) is 9.87 Å². The van der Waals surface area contributed by atoms with Gasteiger partial charge in [-0.25, -0.2) is 21.6 Å². The van der Waals surface area contributed by atoms with E-state index in [1.165, 1.54) is 45.6 Å². The Labute approximate surface area is 297 Å². The van der Waals surface area contributed by atoms with Crippen LogP contribution < -0.4 is 28.1 Å². The first kappa shape index (κ1) is 37.0. The van der Waals surface area contributed by atoms with Crippen LogP contribution in [0.2, 0.25) is 0 Å². The molecule has 0 fully saturated rings. The standard InChI is InChI=1S/C36H39N3O10S2/c1-22-17-23(2)35(24(3)18-22)51(45,46)39(21-33(40)41)30-12-8-11-29-28(30)15-16-38(29)34(25-9-7-10-26(19-25)47-4)36(42)37-50(43,44)32-14-13-27(48-5)20-31(32)49-6/h7-14,17-20,34H,15-16,21H2,1-6H3,(H,37,42)(H,40,41). The Balaban J connectivity index is 1.62. The summed E-state index contributed by atoms with van der Waals surface area (Å²) in [5, 5.41) is 9.91. The number of carboxylic acids is 1. The van der Waals surface area contributed by atoms with Gasteiger partial charge in [-0.05, 0) is 80.3 Å². The molecule has 1 heterocycles. The number of hydrogen-bond donors (Lipinski definition) is 2. The zero-order valence-corrected chi connectivity index (χ0v) is 30.6. The van der Waals surface area contributed by atoms with Crippen LogP contribution in [0.25, 0.3) is 0 Å². The molecular formula is C36H39N3O10S2. The number of aryl methyl sites for hydroxylation is 3. The van der Waals surface area contributed by atoms with Crippen molar-refractivity contribution in [1.29, 1.82) is 0 Å². The Morgan fingerprint density at radius 3 is 2.14 bits per heavy atom. The molecule has 4 aromatic carbocycles. The van der Waals surface area contributed by atoms with Crippen molar-refractivity contribution < 1.29 is 45.7 Å². The predicted molar refractivity (Wildman–Crippen MR) is 191 cm³/mol.